The lowest BCUT2D eigenvalue weighted by molar-refractivity contribution is -0.131. The molecule has 1 aliphatic heterocycles. The van der Waals surface area contributed by atoms with E-state index in [4.69, 9.17) is 11.6 Å². The second kappa shape index (κ2) is 8.58. The number of amides is 1. The summed E-state index contributed by atoms with van der Waals surface area (Å²) >= 11 is 7.58. The summed E-state index contributed by atoms with van der Waals surface area (Å²) in [5.74, 6) is 1.16. The predicted octanol–water partition coefficient (Wildman–Crippen LogP) is 4.61. The molecule has 1 aromatic carbocycles. The van der Waals surface area contributed by atoms with Crippen LogP contribution in [0.2, 0.25) is 5.02 Å². The Labute approximate surface area is 130 Å². The fraction of sp³-hybridized carbons (Fsp3) is 0.562. The van der Waals surface area contributed by atoms with Crippen molar-refractivity contribution in [3.05, 3.63) is 29.3 Å². The molecule has 0 bridgehead atoms. The number of hydrogen-bond donors (Lipinski definition) is 0. The molecule has 1 aromatic rings. The highest BCUT2D eigenvalue weighted by Gasteiger charge is 2.14. The standard InChI is InChI=1S/C16H22ClNOS/c17-14-6-8-15(9-7-14)20-13-10-16(19)18-11-4-2-1-3-5-12-18/h6-9H,1-5,10-13H2. The maximum absolute atomic E-state index is 12.2. The monoisotopic (exact) mass is 311 g/mol. The summed E-state index contributed by atoms with van der Waals surface area (Å²) in [5.41, 5.74) is 0. The molecule has 0 saturated carbocycles. The molecule has 0 aliphatic carbocycles. The first-order chi connectivity index (χ1) is 9.75. The summed E-state index contributed by atoms with van der Waals surface area (Å²) in [5, 5.41) is 0.756. The first-order valence-corrected chi connectivity index (χ1v) is 8.78. The van der Waals surface area contributed by atoms with Crippen LogP contribution in [0.15, 0.2) is 29.2 Å². The van der Waals surface area contributed by atoms with Crippen molar-refractivity contribution in [2.45, 2.75) is 43.4 Å². The molecule has 110 valence electrons. The van der Waals surface area contributed by atoms with Gasteiger partial charge in [-0.2, -0.15) is 0 Å². The maximum atomic E-state index is 12.2. The highest BCUT2D eigenvalue weighted by atomic mass is 35.5. The van der Waals surface area contributed by atoms with Crippen molar-refractivity contribution in [3.63, 3.8) is 0 Å². The largest absolute Gasteiger partial charge is 0.343 e. The molecule has 0 atom stereocenters. The number of likely N-dealkylation sites (tertiary alicyclic amines) is 1. The van der Waals surface area contributed by atoms with E-state index in [2.05, 4.69) is 4.90 Å². The maximum Gasteiger partial charge on any atom is 0.223 e. The van der Waals surface area contributed by atoms with E-state index in [0.29, 0.717) is 12.3 Å². The zero-order chi connectivity index (χ0) is 14.2. The Morgan fingerprint density at radius 1 is 1.05 bits per heavy atom. The van der Waals surface area contributed by atoms with Crippen molar-refractivity contribution in [3.8, 4) is 0 Å². The zero-order valence-corrected chi connectivity index (χ0v) is 13.4. The molecule has 2 nitrogen and oxygen atoms in total. The average molecular weight is 312 g/mol. The summed E-state index contributed by atoms with van der Waals surface area (Å²) in [4.78, 5) is 15.4. The minimum Gasteiger partial charge on any atom is -0.343 e. The van der Waals surface area contributed by atoms with Gasteiger partial charge >= 0.3 is 0 Å². The number of nitrogens with zero attached hydrogens (tertiary/aromatic N) is 1. The third kappa shape index (κ3) is 5.37. The van der Waals surface area contributed by atoms with Crippen LogP contribution >= 0.6 is 23.4 Å². The van der Waals surface area contributed by atoms with Crippen molar-refractivity contribution in [2.75, 3.05) is 18.8 Å². The van der Waals surface area contributed by atoms with Crippen molar-refractivity contribution < 1.29 is 4.79 Å². The lowest BCUT2D eigenvalue weighted by Crippen LogP contribution is -2.33. The van der Waals surface area contributed by atoms with Crippen molar-refractivity contribution in [1.82, 2.24) is 4.90 Å². The van der Waals surface area contributed by atoms with E-state index < -0.39 is 0 Å². The number of hydrogen-bond acceptors (Lipinski definition) is 2. The summed E-state index contributed by atoms with van der Waals surface area (Å²) in [6, 6.07) is 7.80. The molecule has 1 heterocycles. The summed E-state index contributed by atoms with van der Waals surface area (Å²) < 4.78 is 0. The molecule has 20 heavy (non-hydrogen) atoms. The van der Waals surface area contributed by atoms with Gasteiger partial charge in [-0.3, -0.25) is 4.79 Å². The molecule has 2 rings (SSSR count). The van der Waals surface area contributed by atoms with E-state index >= 15 is 0 Å². The SMILES string of the molecule is O=C(CCSc1ccc(Cl)cc1)N1CCCCCCC1. The van der Waals surface area contributed by atoms with Crippen LogP contribution in [0.3, 0.4) is 0 Å². The van der Waals surface area contributed by atoms with Crippen molar-refractivity contribution in [2.24, 2.45) is 0 Å². The number of carbonyl (C=O) groups is 1. The van der Waals surface area contributed by atoms with Crippen LogP contribution in [0.5, 0.6) is 0 Å². The first-order valence-electron chi connectivity index (χ1n) is 7.42. The Morgan fingerprint density at radius 2 is 1.65 bits per heavy atom. The fourth-order valence-corrected chi connectivity index (χ4v) is 3.41. The molecule has 1 saturated heterocycles. The minimum atomic E-state index is 0.313. The van der Waals surface area contributed by atoms with Gasteiger partial charge in [-0.1, -0.05) is 30.9 Å². The van der Waals surface area contributed by atoms with Gasteiger partial charge in [-0.25, -0.2) is 0 Å². The Morgan fingerprint density at radius 3 is 2.30 bits per heavy atom. The number of halogens is 1. The van der Waals surface area contributed by atoms with Gasteiger partial charge in [-0.15, -0.1) is 11.8 Å². The molecule has 1 amide bonds. The highest BCUT2D eigenvalue weighted by molar-refractivity contribution is 7.99. The molecule has 0 radical (unpaired) electrons. The topological polar surface area (TPSA) is 20.3 Å². The van der Waals surface area contributed by atoms with E-state index in [1.165, 1.54) is 24.2 Å². The second-order valence-electron chi connectivity index (χ2n) is 5.20. The number of rotatable bonds is 4. The average Bonchev–Trinajstić information content (AvgIpc) is 2.40. The highest BCUT2D eigenvalue weighted by Crippen LogP contribution is 2.21. The summed E-state index contributed by atoms with van der Waals surface area (Å²) in [7, 11) is 0. The van der Waals surface area contributed by atoms with Gasteiger partial charge in [0.05, 0.1) is 0 Å². The predicted molar refractivity (Wildman–Crippen MR) is 86.5 cm³/mol. The van der Waals surface area contributed by atoms with Crippen LogP contribution in [0.25, 0.3) is 0 Å². The molecule has 4 heteroatoms. The van der Waals surface area contributed by atoms with Crippen LogP contribution in [-0.2, 0) is 4.79 Å². The smallest absolute Gasteiger partial charge is 0.223 e. The normalized spacial score (nSPS) is 16.6. The third-order valence-electron chi connectivity index (χ3n) is 3.61. The van der Waals surface area contributed by atoms with Gasteiger partial charge in [0.15, 0.2) is 0 Å². The lowest BCUT2D eigenvalue weighted by atomic mass is 10.1. The Balaban J connectivity index is 1.72. The molecular weight excluding hydrogens is 290 g/mol. The lowest BCUT2D eigenvalue weighted by Gasteiger charge is -2.24. The molecule has 0 spiro atoms. The Bertz CT molecular complexity index is 413. The van der Waals surface area contributed by atoms with Crippen LogP contribution < -0.4 is 0 Å². The van der Waals surface area contributed by atoms with Gasteiger partial charge < -0.3 is 4.90 Å². The molecular formula is C16H22ClNOS. The zero-order valence-electron chi connectivity index (χ0n) is 11.8. The number of thioether (sulfide) groups is 1. The summed E-state index contributed by atoms with van der Waals surface area (Å²) in [6.07, 6.45) is 6.82. The molecule has 1 fully saturated rings. The van der Waals surface area contributed by atoms with E-state index in [1.807, 2.05) is 24.3 Å². The Hall–Kier alpha value is -0.670. The number of carbonyl (C=O) groups excluding carboxylic acids is 1. The van der Waals surface area contributed by atoms with E-state index in [1.54, 1.807) is 11.8 Å². The van der Waals surface area contributed by atoms with Gasteiger partial charge in [0.25, 0.3) is 0 Å². The van der Waals surface area contributed by atoms with E-state index in [-0.39, 0.29) is 0 Å². The molecule has 0 N–H and O–H groups in total. The third-order valence-corrected chi connectivity index (χ3v) is 4.87. The van der Waals surface area contributed by atoms with Gasteiger partial charge in [0, 0.05) is 35.2 Å². The van der Waals surface area contributed by atoms with Crippen LogP contribution in [0, 0.1) is 0 Å². The molecule has 1 aliphatic rings. The van der Waals surface area contributed by atoms with Crippen LogP contribution in [0.1, 0.15) is 38.5 Å². The van der Waals surface area contributed by atoms with Crippen molar-refractivity contribution in [1.29, 1.82) is 0 Å². The summed E-state index contributed by atoms with van der Waals surface area (Å²) in [6.45, 7) is 1.90. The first kappa shape index (κ1) is 15.7. The van der Waals surface area contributed by atoms with Gasteiger partial charge in [-0.05, 0) is 37.1 Å². The molecule has 0 unspecified atom stereocenters. The minimum absolute atomic E-state index is 0.313. The van der Waals surface area contributed by atoms with E-state index in [0.717, 1.165) is 36.7 Å². The van der Waals surface area contributed by atoms with Gasteiger partial charge in [0.1, 0.15) is 0 Å². The quantitative estimate of drug-likeness (QED) is 0.756. The van der Waals surface area contributed by atoms with Gasteiger partial charge in [0.2, 0.25) is 5.91 Å². The van der Waals surface area contributed by atoms with Crippen LogP contribution in [0.4, 0.5) is 0 Å². The second-order valence-corrected chi connectivity index (χ2v) is 6.81. The fourth-order valence-electron chi connectivity index (χ4n) is 2.44. The molecule has 0 aromatic heterocycles. The Kier molecular flexibility index (Phi) is 6.74. The van der Waals surface area contributed by atoms with E-state index in [9.17, 15) is 4.79 Å². The number of benzene rings is 1. The van der Waals surface area contributed by atoms with Crippen molar-refractivity contribution >= 4 is 29.3 Å². The van der Waals surface area contributed by atoms with Crippen LogP contribution in [-0.4, -0.2) is 29.6 Å².